The molecule has 2 aromatic rings. The van der Waals surface area contributed by atoms with E-state index in [0.717, 1.165) is 10.3 Å². The summed E-state index contributed by atoms with van der Waals surface area (Å²) in [6, 6.07) is 11.1. The van der Waals surface area contributed by atoms with Crippen molar-refractivity contribution in [1.29, 1.82) is 0 Å². The molecule has 3 rings (SSSR count). The lowest BCUT2D eigenvalue weighted by molar-refractivity contribution is -0.162. The Hall–Kier alpha value is -2.16. The number of thiophene rings is 1. The molecule has 0 bridgehead atoms. The Balaban J connectivity index is 1.92. The first-order valence-corrected chi connectivity index (χ1v) is 13.2. The summed E-state index contributed by atoms with van der Waals surface area (Å²) in [5.74, 6) is -0.849. The van der Waals surface area contributed by atoms with Gasteiger partial charge in [0.25, 0.3) is 5.91 Å². The Morgan fingerprint density at radius 1 is 0.861 bits per heavy atom. The smallest absolute Gasteiger partial charge is 0.458 e. The van der Waals surface area contributed by atoms with Gasteiger partial charge in [0.05, 0.1) is 16.1 Å². The van der Waals surface area contributed by atoms with Gasteiger partial charge in [-0.3, -0.25) is 4.79 Å². The van der Waals surface area contributed by atoms with E-state index in [1.807, 2.05) is 78.8 Å². The van der Waals surface area contributed by atoms with E-state index in [1.54, 1.807) is 13.0 Å². The summed E-state index contributed by atoms with van der Waals surface area (Å²) in [6.45, 7) is 21.4. The van der Waals surface area contributed by atoms with Crippen LogP contribution in [0.3, 0.4) is 0 Å². The predicted octanol–water partition coefficient (Wildman–Crippen LogP) is 5.33. The van der Waals surface area contributed by atoms with Crippen LogP contribution >= 0.6 is 11.3 Å². The van der Waals surface area contributed by atoms with Crippen LogP contribution in [0.4, 0.5) is 0 Å². The van der Waals surface area contributed by atoms with Gasteiger partial charge in [-0.25, -0.2) is 4.79 Å². The zero-order valence-electron chi connectivity index (χ0n) is 23.5. The van der Waals surface area contributed by atoms with Crippen LogP contribution in [0, 0.1) is 0 Å². The van der Waals surface area contributed by atoms with Crippen LogP contribution in [-0.2, 0) is 29.8 Å². The van der Waals surface area contributed by atoms with Crippen LogP contribution in [0.5, 0.6) is 0 Å². The minimum atomic E-state index is -1.40. The maximum atomic E-state index is 13.4. The van der Waals surface area contributed by atoms with Gasteiger partial charge in [0, 0.05) is 4.88 Å². The van der Waals surface area contributed by atoms with Gasteiger partial charge in [0.2, 0.25) is 0 Å². The number of hydrogen-bond acceptors (Lipinski definition) is 6. The third-order valence-corrected chi connectivity index (χ3v) is 8.26. The van der Waals surface area contributed by atoms with Gasteiger partial charge < -0.3 is 19.4 Å². The largest absolute Gasteiger partial charge is 0.494 e. The van der Waals surface area contributed by atoms with E-state index in [2.05, 4.69) is 26.1 Å². The molecule has 1 N–H and O–H groups in total. The molecule has 1 amide bonds. The van der Waals surface area contributed by atoms with Crippen molar-refractivity contribution in [2.45, 2.75) is 104 Å². The Morgan fingerprint density at radius 2 is 1.39 bits per heavy atom. The normalized spacial score (nSPS) is 19.0. The minimum absolute atomic E-state index is 0.0684. The third kappa shape index (κ3) is 5.87. The van der Waals surface area contributed by atoms with Crippen molar-refractivity contribution in [1.82, 2.24) is 5.32 Å². The van der Waals surface area contributed by atoms with E-state index in [1.165, 1.54) is 11.3 Å². The molecule has 1 fully saturated rings. The lowest BCUT2D eigenvalue weighted by atomic mass is 9.77. The van der Waals surface area contributed by atoms with E-state index >= 15 is 0 Å². The molecule has 196 valence electrons. The Labute approximate surface area is 220 Å². The zero-order chi connectivity index (χ0) is 27.3. The highest BCUT2D eigenvalue weighted by Crippen LogP contribution is 2.37. The molecule has 1 aliphatic heterocycles. The summed E-state index contributed by atoms with van der Waals surface area (Å²) in [4.78, 5) is 28.4. The van der Waals surface area contributed by atoms with E-state index in [4.69, 9.17) is 14.0 Å². The quantitative estimate of drug-likeness (QED) is 0.432. The molecule has 0 unspecified atom stereocenters. The Bertz CT molecular complexity index is 1110. The lowest BCUT2D eigenvalue weighted by Gasteiger charge is -2.32. The highest BCUT2D eigenvalue weighted by atomic mass is 32.1. The van der Waals surface area contributed by atoms with Crippen LogP contribution in [0.1, 0.15) is 96.3 Å². The molecule has 1 aliphatic rings. The number of amides is 1. The van der Waals surface area contributed by atoms with E-state index in [0.29, 0.717) is 10.4 Å². The molecular formula is C28H40BNO5S. The van der Waals surface area contributed by atoms with Gasteiger partial charge >= 0.3 is 13.1 Å². The first-order valence-electron chi connectivity index (χ1n) is 12.4. The van der Waals surface area contributed by atoms with Crippen molar-refractivity contribution in [3.05, 3.63) is 51.7 Å². The topological polar surface area (TPSA) is 73.9 Å². The Kier molecular flexibility index (Phi) is 7.34. The molecule has 1 aromatic carbocycles. The number of ether oxygens (including phenoxy) is 1. The fraction of sp³-hybridized carbons (Fsp3) is 0.571. The average molecular weight is 514 g/mol. The monoisotopic (exact) mass is 513 g/mol. The van der Waals surface area contributed by atoms with E-state index < -0.39 is 35.4 Å². The van der Waals surface area contributed by atoms with Crippen molar-refractivity contribution in [2.24, 2.45) is 0 Å². The zero-order valence-corrected chi connectivity index (χ0v) is 24.3. The highest BCUT2D eigenvalue weighted by Gasteiger charge is 2.52. The maximum absolute atomic E-state index is 13.4. The Morgan fingerprint density at radius 3 is 1.83 bits per heavy atom. The van der Waals surface area contributed by atoms with E-state index in [9.17, 15) is 9.59 Å². The fourth-order valence-electron chi connectivity index (χ4n) is 3.73. The van der Waals surface area contributed by atoms with Crippen LogP contribution in [-0.4, -0.2) is 35.8 Å². The molecule has 1 aromatic heterocycles. The predicted molar refractivity (Wildman–Crippen MR) is 146 cm³/mol. The lowest BCUT2D eigenvalue weighted by Crippen LogP contribution is -2.52. The van der Waals surface area contributed by atoms with Crippen molar-refractivity contribution < 1.29 is 23.6 Å². The number of benzene rings is 1. The molecule has 0 radical (unpaired) electrons. The fourth-order valence-corrected chi connectivity index (χ4v) is 4.68. The summed E-state index contributed by atoms with van der Waals surface area (Å²) < 4.78 is 18.1. The number of hydrogen-bond donors (Lipinski definition) is 1. The van der Waals surface area contributed by atoms with Crippen molar-refractivity contribution in [2.75, 3.05) is 0 Å². The standard InChI is InChI=1S/C28H40BNO5S/c1-24(2,3)21-17-16-20(36-21)22(31)30-28(11,23(32)33-25(4,5)6)18-12-14-19(15-13-18)29-34-26(7,8)27(9,10)35-29/h12-17H,1-11H3,(H,30,31)/t28-/m0/s1. The van der Waals surface area contributed by atoms with Gasteiger partial charge in [0.1, 0.15) is 5.60 Å². The van der Waals surface area contributed by atoms with Crippen LogP contribution in [0.2, 0.25) is 0 Å². The highest BCUT2D eigenvalue weighted by molar-refractivity contribution is 7.14. The number of carbonyl (C=O) groups is 2. The molecule has 6 nitrogen and oxygen atoms in total. The molecule has 0 aliphatic carbocycles. The van der Waals surface area contributed by atoms with Crippen LogP contribution < -0.4 is 10.8 Å². The summed E-state index contributed by atoms with van der Waals surface area (Å²) in [7, 11) is -0.520. The van der Waals surface area contributed by atoms with E-state index in [-0.39, 0.29) is 11.3 Å². The molecular weight excluding hydrogens is 473 g/mol. The number of nitrogens with one attached hydrogen (secondary N) is 1. The van der Waals surface area contributed by atoms with Crippen LogP contribution in [0.15, 0.2) is 36.4 Å². The summed E-state index contributed by atoms with van der Waals surface area (Å²) in [5.41, 5.74) is -1.65. The maximum Gasteiger partial charge on any atom is 0.494 e. The average Bonchev–Trinajstić information content (AvgIpc) is 3.30. The number of esters is 1. The van der Waals surface area contributed by atoms with Crippen molar-refractivity contribution >= 4 is 35.8 Å². The van der Waals surface area contributed by atoms with Crippen LogP contribution in [0.25, 0.3) is 0 Å². The first kappa shape index (κ1) is 28.4. The first-order chi connectivity index (χ1) is 16.3. The summed E-state index contributed by atoms with van der Waals surface area (Å²) in [6.07, 6.45) is 0. The second-order valence-electron chi connectivity index (χ2n) is 12.7. The number of carbonyl (C=O) groups excluding carboxylic acids is 2. The second-order valence-corrected chi connectivity index (χ2v) is 13.8. The van der Waals surface area contributed by atoms with Gasteiger partial charge in [-0.1, -0.05) is 45.0 Å². The van der Waals surface area contributed by atoms with Gasteiger partial charge in [-0.05, 0) is 84.0 Å². The molecule has 1 saturated heterocycles. The van der Waals surface area contributed by atoms with Crippen molar-refractivity contribution in [3.63, 3.8) is 0 Å². The molecule has 8 heteroatoms. The molecule has 36 heavy (non-hydrogen) atoms. The molecule has 0 saturated carbocycles. The van der Waals surface area contributed by atoms with Gasteiger partial charge in [-0.2, -0.15) is 0 Å². The van der Waals surface area contributed by atoms with Gasteiger partial charge in [0.15, 0.2) is 5.54 Å². The number of rotatable bonds is 5. The molecule has 1 atom stereocenters. The molecule has 0 spiro atoms. The van der Waals surface area contributed by atoms with Gasteiger partial charge in [-0.15, -0.1) is 11.3 Å². The SMILES string of the molecule is CC(C)(C)OC(=O)[C@@](C)(NC(=O)c1ccc(C(C)(C)C)s1)c1ccc(B2OC(C)(C)C(C)(C)O2)cc1. The molecule has 2 heterocycles. The summed E-state index contributed by atoms with van der Waals surface area (Å²) in [5, 5.41) is 2.96. The minimum Gasteiger partial charge on any atom is -0.458 e. The summed E-state index contributed by atoms with van der Waals surface area (Å²) >= 11 is 1.43. The second kappa shape index (κ2) is 9.30. The third-order valence-electron chi connectivity index (χ3n) is 6.75. The van der Waals surface area contributed by atoms with Crippen molar-refractivity contribution in [3.8, 4) is 0 Å².